The zero-order valence-electron chi connectivity index (χ0n) is 15.4. The molecule has 1 heterocycles. The fourth-order valence-electron chi connectivity index (χ4n) is 6.33. The smallest absolute Gasteiger partial charge is 0.322 e. The van der Waals surface area contributed by atoms with Crippen LogP contribution in [0.3, 0.4) is 0 Å². The lowest BCUT2D eigenvalue weighted by Gasteiger charge is -2.58. The van der Waals surface area contributed by atoms with E-state index in [2.05, 4.69) is 11.4 Å². The summed E-state index contributed by atoms with van der Waals surface area (Å²) >= 11 is 0. The van der Waals surface area contributed by atoms with Gasteiger partial charge in [-0.25, -0.2) is 4.79 Å². The van der Waals surface area contributed by atoms with Gasteiger partial charge in [0.25, 0.3) is 0 Å². The first kappa shape index (κ1) is 16.4. The van der Waals surface area contributed by atoms with Crippen molar-refractivity contribution in [2.45, 2.75) is 56.6 Å². The number of methoxy groups -OCH3 is 1. The average molecular weight is 356 g/mol. The van der Waals surface area contributed by atoms with Crippen molar-refractivity contribution < 1.29 is 14.6 Å². The molecule has 4 fully saturated rings. The van der Waals surface area contributed by atoms with E-state index in [1.165, 1.54) is 5.56 Å². The van der Waals surface area contributed by atoms with Crippen molar-refractivity contribution in [3.05, 3.63) is 23.8 Å². The summed E-state index contributed by atoms with van der Waals surface area (Å²) in [5, 5.41) is 14.1. The standard InChI is InChI=1S/C21H28N2O3/c1-26-17-5-4-14-3-2-6-23(18(14)9-17)20(24)22-19-15-7-13-8-16(19)12-21(25,10-13)11-15/h4-5,9,13,15-16,19,25H,2-3,6-8,10-12H2,1H3,(H,22,24). The summed E-state index contributed by atoms with van der Waals surface area (Å²) < 4.78 is 5.36. The van der Waals surface area contributed by atoms with Crippen LogP contribution in [0.4, 0.5) is 10.5 Å². The number of amides is 2. The predicted molar refractivity (Wildman–Crippen MR) is 99.5 cm³/mol. The summed E-state index contributed by atoms with van der Waals surface area (Å²) in [4.78, 5) is 15.0. The number of carbonyl (C=O) groups is 1. The number of ether oxygens (including phenoxy) is 1. The second kappa shape index (κ2) is 5.88. The monoisotopic (exact) mass is 356 g/mol. The van der Waals surface area contributed by atoms with Crippen LogP contribution in [-0.2, 0) is 6.42 Å². The van der Waals surface area contributed by atoms with Crippen LogP contribution in [0.5, 0.6) is 5.75 Å². The maximum atomic E-state index is 13.1. The number of nitrogens with zero attached hydrogens (tertiary/aromatic N) is 1. The number of rotatable bonds is 2. The molecule has 5 aliphatic rings. The van der Waals surface area contributed by atoms with Gasteiger partial charge in [-0.1, -0.05) is 6.07 Å². The van der Waals surface area contributed by atoms with Crippen molar-refractivity contribution in [2.24, 2.45) is 17.8 Å². The third-order valence-corrected chi connectivity index (χ3v) is 7.19. The number of hydrogen-bond acceptors (Lipinski definition) is 3. The third kappa shape index (κ3) is 2.59. The number of carbonyl (C=O) groups excluding carboxylic acids is 1. The summed E-state index contributed by atoms with van der Waals surface area (Å²) in [7, 11) is 1.66. The molecule has 26 heavy (non-hydrogen) atoms. The summed E-state index contributed by atoms with van der Waals surface area (Å²) in [6, 6.07) is 6.26. The summed E-state index contributed by atoms with van der Waals surface area (Å²) in [6.45, 7) is 0.751. The molecule has 0 saturated heterocycles. The molecular weight excluding hydrogens is 328 g/mol. The molecule has 5 nitrogen and oxygen atoms in total. The van der Waals surface area contributed by atoms with Crippen LogP contribution in [0.25, 0.3) is 0 Å². The van der Waals surface area contributed by atoms with Crippen LogP contribution in [0.15, 0.2) is 18.2 Å². The van der Waals surface area contributed by atoms with E-state index in [1.54, 1.807) is 7.11 Å². The molecule has 4 saturated carbocycles. The van der Waals surface area contributed by atoms with Crippen molar-refractivity contribution in [1.29, 1.82) is 0 Å². The second-order valence-electron chi connectivity index (χ2n) is 8.92. The minimum absolute atomic E-state index is 0.0173. The highest BCUT2D eigenvalue weighted by Crippen LogP contribution is 2.55. The molecular formula is C21H28N2O3. The van der Waals surface area contributed by atoms with Crippen molar-refractivity contribution in [3.63, 3.8) is 0 Å². The number of fused-ring (bicyclic) bond motifs is 1. The lowest BCUT2D eigenvalue weighted by atomic mass is 9.52. The molecule has 0 aromatic heterocycles. The zero-order chi connectivity index (χ0) is 17.9. The Morgan fingerprint density at radius 3 is 2.73 bits per heavy atom. The number of urea groups is 1. The van der Waals surface area contributed by atoms with Gasteiger partial charge in [0.1, 0.15) is 5.75 Å². The van der Waals surface area contributed by atoms with Crippen LogP contribution in [0, 0.1) is 17.8 Å². The number of hydrogen-bond donors (Lipinski definition) is 2. The maximum Gasteiger partial charge on any atom is 0.322 e. The minimum Gasteiger partial charge on any atom is -0.497 e. The molecule has 0 spiro atoms. The van der Waals surface area contributed by atoms with Crippen molar-refractivity contribution >= 4 is 11.7 Å². The number of nitrogens with one attached hydrogen (secondary N) is 1. The van der Waals surface area contributed by atoms with Crippen LogP contribution >= 0.6 is 0 Å². The molecule has 140 valence electrons. The van der Waals surface area contributed by atoms with Gasteiger partial charge in [-0.15, -0.1) is 0 Å². The van der Waals surface area contributed by atoms with E-state index in [4.69, 9.17) is 4.74 Å². The SMILES string of the molecule is COc1ccc2c(c1)N(C(=O)NC1C3CC4CC1CC(O)(C4)C3)CCC2. The van der Waals surface area contributed by atoms with Gasteiger partial charge in [-0.05, 0) is 74.3 Å². The van der Waals surface area contributed by atoms with Crippen molar-refractivity contribution in [1.82, 2.24) is 5.32 Å². The highest BCUT2D eigenvalue weighted by molar-refractivity contribution is 5.93. The molecule has 2 atom stereocenters. The largest absolute Gasteiger partial charge is 0.497 e. The number of aliphatic hydroxyl groups is 1. The van der Waals surface area contributed by atoms with Gasteiger partial charge in [0.2, 0.25) is 0 Å². The fraction of sp³-hybridized carbons (Fsp3) is 0.667. The number of anilines is 1. The van der Waals surface area contributed by atoms with Crippen molar-refractivity contribution in [3.8, 4) is 5.75 Å². The summed E-state index contributed by atoms with van der Waals surface area (Å²) in [6.07, 6.45) is 7.01. The second-order valence-corrected chi connectivity index (χ2v) is 8.92. The molecule has 1 aromatic rings. The Labute approximate surface area is 154 Å². The fourth-order valence-corrected chi connectivity index (χ4v) is 6.33. The lowest BCUT2D eigenvalue weighted by molar-refractivity contribution is -0.136. The third-order valence-electron chi connectivity index (χ3n) is 7.19. The van der Waals surface area contributed by atoms with E-state index >= 15 is 0 Å². The van der Waals surface area contributed by atoms with Crippen LogP contribution in [-0.4, -0.2) is 36.4 Å². The van der Waals surface area contributed by atoms with Gasteiger partial charge in [-0.2, -0.15) is 0 Å². The van der Waals surface area contributed by atoms with E-state index < -0.39 is 5.60 Å². The van der Waals surface area contributed by atoms with Crippen LogP contribution < -0.4 is 15.0 Å². The van der Waals surface area contributed by atoms with Gasteiger partial charge >= 0.3 is 6.03 Å². The lowest BCUT2D eigenvalue weighted by Crippen LogP contribution is -2.63. The van der Waals surface area contributed by atoms with E-state index in [-0.39, 0.29) is 12.1 Å². The Hall–Kier alpha value is -1.75. The summed E-state index contributed by atoms with van der Waals surface area (Å²) in [5.41, 5.74) is 1.74. The molecule has 0 radical (unpaired) electrons. The van der Waals surface area contributed by atoms with Gasteiger partial charge in [0.05, 0.1) is 18.4 Å². The van der Waals surface area contributed by atoms with Gasteiger partial charge in [0, 0.05) is 18.7 Å². The molecule has 1 aliphatic heterocycles. The van der Waals surface area contributed by atoms with E-state index in [0.717, 1.165) is 62.9 Å². The Morgan fingerprint density at radius 2 is 2.04 bits per heavy atom. The Balaban J connectivity index is 1.36. The Morgan fingerprint density at radius 1 is 1.27 bits per heavy atom. The quantitative estimate of drug-likeness (QED) is 0.856. The highest BCUT2D eigenvalue weighted by Gasteiger charge is 2.55. The van der Waals surface area contributed by atoms with Crippen LogP contribution in [0.1, 0.15) is 44.1 Å². The average Bonchev–Trinajstić information content (AvgIpc) is 2.62. The molecule has 4 bridgehead atoms. The number of benzene rings is 1. The number of aryl methyl sites for hydroxylation is 1. The molecule has 5 heteroatoms. The first-order valence-corrected chi connectivity index (χ1v) is 10.0. The molecule has 6 rings (SSSR count). The molecule has 2 amide bonds. The van der Waals surface area contributed by atoms with Crippen molar-refractivity contribution in [2.75, 3.05) is 18.6 Å². The molecule has 4 aliphatic carbocycles. The zero-order valence-corrected chi connectivity index (χ0v) is 15.4. The first-order valence-electron chi connectivity index (χ1n) is 10.0. The van der Waals surface area contributed by atoms with E-state index in [1.807, 2.05) is 17.0 Å². The predicted octanol–water partition coefficient (Wildman–Crippen LogP) is 3.10. The molecule has 2 unspecified atom stereocenters. The topological polar surface area (TPSA) is 61.8 Å². The normalized spacial score (nSPS) is 37.4. The molecule has 2 N–H and O–H groups in total. The Bertz CT molecular complexity index is 718. The van der Waals surface area contributed by atoms with Gasteiger partial charge < -0.3 is 15.2 Å². The molecule has 1 aromatic carbocycles. The Kier molecular flexibility index (Phi) is 3.71. The van der Waals surface area contributed by atoms with E-state index in [9.17, 15) is 9.90 Å². The first-order chi connectivity index (χ1) is 12.5. The van der Waals surface area contributed by atoms with Gasteiger partial charge in [-0.3, -0.25) is 4.90 Å². The highest BCUT2D eigenvalue weighted by atomic mass is 16.5. The van der Waals surface area contributed by atoms with Gasteiger partial charge in [0.15, 0.2) is 0 Å². The van der Waals surface area contributed by atoms with Crippen LogP contribution in [0.2, 0.25) is 0 Å². The summed E-state index contributed by atoms with van der Waals surface area (Å²) in [5.74, 6) is 2.32. The minimum atomic E-state index is -0.456. The van der Waals surface area contributed by atoms with E-state index in [0.29, 0.717) is 17.8 Å². The maximum absolute atomic E-state index is 13.1.